The van der Waals surface area contributed by atoms with Gasteiger partial charge in [-0.05, 0) is 29.2 Å². The van der Waals surface area contributed by atoms with Crippen LogP contribution in [0.5, 0.6) is 0 Å². The minimum atomic E-state index is -1.18. The van der Waals surface area contributed by atoms with Crippen molar-refractivity contribution in [2.24, 2.45) is 0 Å². The predicted molar refractivity (Wildman–Crippen MR) is 126 cm³/mol. The van der Waals surface area contributed by atoms with E-state index < -0.39 is 30.1 Å². The van der Waals surface area contributed by atoms with E-state index in [0.29, 0.717) is 0 Å². The van der Waals surface area contributed by atoms with E-state index in [0.717, 1.165) is 22.3 Å². The van der Waals surface area contributed by atoms with Crippen molar-refractivity contribution < 1.29 is 29.0 Å². The molecule has 8 nitrogen and oxygen atoms in total. The molecule has 2 atom stereocenters. The van der Waals surface area contributed by atoms with Crippen LogP contribution in [-0.4, -0.2) is 55.5 Å². The average Bonchev–Trinajstić information content (AvgIpc) is 3.16. The fourth-order valence-corrected chi connectivity index (χ4v) is 3.98. The summed E-state index contributed by atoms with van der Waals surface area (Å²) in [5, 5.41) is 14.3. The van der Waals surface area contributed by atoms with Gasteiger partial charge in [-0.25, -0.2) is 9.59 Å². The smallest absolute Gasteiger partial charge is 0.407 e. The Labute approximate surface area is 198 Å². The first-order valence-corrected chi connectivity index (χ1v) is 11.0. The van der Waals surface area contributed by atoms with Crippen molar-refractivity contribution in [2.75, 3.05) is 20.3 Å². The molecule has 3 rings (SSSR count). The van der Waals surface area contributed by atoms with E-state index in [2.05, 4.69) is 34.6 Å². The molecule has 1 aliphatic rings. The summed E-state index contributed by atoms with van der Waals surface area (Å²) in [5.41, 5.74) is 4.53. The molecular formula is C26H28N2O6. The zero-order valence-electron chi connectivity index (χ0n) is 19.2. The second-order valence-electron chi connectivity index (χ2n) is 7.80. The number of benzene rings is 2. The van der Waals surface area contributed by atoms with Gasteiger partial charge >= 0.3 is 12.1 Å². The van der Waals surface area contributed by atoms with Gasteiger partial charge in [-0.1, -0.05) is 48.5 Å². The summed E-state index contributed by atoms with van der Waals surface area (Å²) in [5.74, 6) is 3.44. The lowest BCUT2D eigenvalue weighted by atomic mass is 9.98. The maximum Gasteiger partial charge on any atom is 0.407 e. The van der Waals surface area contributed by atoms with E-state index in [1.807, 2.05) is 36.4 Å². The maximum atomic E-state index is 12.4. The van der Waals surface area contributed by atoms with Crippen molar-refractivity contribution >= 4 is 18.0 Å². The number of aliphatic carboxylic acids is 1. The highest BCUT2D eigenvalue weighted by Crippen LogP contribution is 2.44. The third kappa shape index (κ3) is 5.94. The number of hydrogen-bond acceptors (Lipinski definition) is 5. The molecule has 2 aromatic carbocycles. The molecule has 0 spiro atoms. The van der Waals surface area contributed by atoms with Crippen molar-refractivity contribution in [3.8, 4) is 23.0 Å². The van der Waals surface area contributed by atoms with Crippen LogP contribution in [0.3, 0.4) is 0 Å². The average molecular weight is 465 g/mol. The van der Waals surface area contributed by atoms with E-state index >= 15 is 0 Å². The maximum absolute atomic E-state index is 12.4. The summed E-state index contributed by atoms with van der Waals surface area (Å²) in [6, 6.07) is 15.0. The lowest BCUT2D eigenvalue weighted by Gasteiger charge is -2.19. The number of ether oxygens (including phenoxy) is 2. The van der Waals surface area contributed by atoms with Gasteiger partial charge < -0.3 is 25.2 Å². The third-order valence-corrected chi connectivity index (χ3v) is 5.69. The molecule has 178 valence electrons. The van der Waals surface area contributed by atoms with Crippen LogP contribution in [0, 0.1) is 11.8 Å². The summed E-state index contributed by atoms with van der Waals surface area (Å²) in [4.78, 5) is 35.9. The van der Waals surface area contributed by atoms with Crippen LogP contribution in [0.1, 0.15) is 36.8 Å². The van der Waals surface area contributed by atoms with Crippen LogP contribution in [0.2, 0.25) is 0 Å². The second-order valence-corrected chi connectivity index (χ2v) is 7.80. The molecule has 0 aromatic heterocycles. The Bertz CT molecular complexity index is 1060. The van der Waals surface area contributed by atoms with Crippen LogP contribution < -0.4 is 10.6 Å². The molecule has 2 amide bonds. The Morgan fingerprint density at radius 1 is 1.06 bits per heavy atom. The Hall–Kier alpha value is -3.83. The molecule has 0 heterocycles. The number of nitrogens with one attached hydrogen (secondary N) is 2. The lowest BCUT2D eigenvalue weighted by Crippen LogP contribution is -2.46. The number of carbonyl (C=O) groups is 3. The minimum Gasteiger partial charge on any atom is -0.480 e. The van der Waals surface area contributed by atoms with Gasteiger partial charge in [0.05, 0.1) is 0 Å². The van der Waals surface area contributed by atoms with E-state index in [1.165, 1.54) is 7.11 Å². The molecule has 3 N–H and O–H groups in total. The zero-order chi connectivity index (χ0) is 24.5. The van der Waals surface area contributed by atoms with Gasteiger partial charge in [0.15, 0.2) is 0 Å². The van der Waals surface area contributed by atoms with Gasteiger partial charge in [0.2, 0.25) is 5.91 Å². The molecule has 8 heteroatoms. The molecular weight excluding hydrogens is 436 g/mol. The molecule has 0 aliphatic heterocycles. The van der Waals surface area contributed by atoms with Gasteiger partial charge in [0.25, 0.3) is 0 Å². The van der Waals surface area contributed by atoms with Crippen LogP contribution in [0.4, 0.5) is 4.79 Å². The van der Waals surface area contributed by atoms with Crippen molar-refractivity contribution in [3.63, 3.8) is 0 Å². The topological polar surface area (TPSA) is 114 Å². The number of fused-ring (bicyclic) bond motifs is 3. The quantitative estimate of drug-likeness (QED) is 0.466. The van der Waals surface area contributed by atoms with Gasteiger partial charge in [0.1, 0.15) is 18.8 Å². The Kier molecular flexibility index (Phi) is 8.66. The van der Waals surface area contributed by atoms with Gasteiger partial charge in [0, 0.05) is 32.4 Å². The van der Waals surface area contributed by atoms with Crippen molar-refractivity contribution in [2.45, 2.75) is 37.8 Å². The first kappa shape index (κ1) is 24.8. The lowest BCUT2D eigenvalue weighted by molar-refractivity contribution is -0.143. The molecule has 2 unspecified atom stereocenters. The monoisotopic (exact) mass is 464 g/mol. The normalized spacial score (nSPS) is 13.5. The highest BCUT2D eigenvalue weighted by Gasteiger charge is 2.29. The van der Waals surface area contributed by atoms with Gasteiger partial charge in [-0.3, -0.25) is 4.79 Å². The standard InChI is InChI=1S/C26H28N2O6/c1-3-4-13-22(25(30)31)28-24(29)23(33-2)14-15-27-26(32)34-16-21-19-11-7-5-9-17(19)18-10-6-8-12-20(18)21/h5-12,21-23H,13-16H2,1-2H3,(H,27,32)(H,28,29)(H,30,31). The number of methoxy groups -OCH3 is 1. The number of rotatable bonds is 10. The molecule has 2 aromatic rings. The first-order valence-electron chi connectivity index (χ1n) is 11.0. The molecule has 1 aliphatic carbocycles. The fraction of sp³-hybridized carbons (Fsp3) is 0.346. The molecule has 0 fully saturated rings. The third-order valence-electron chi connectivity index (χ3n) is 5.69. The Morgan fingerprint density at radius 2 is 1.68 bits per heavy atom. The second kappa shape index (κ2) is 11.9. The van der Waals surface area contributed by atoms with Crippen LogP contribution in [0.25, 0.3) is 11.1 Å². The van der Waals surface area contributed by atoms with Gasteiger partial charge in [-0.15, -0.1) is 11.8 Å². The highest BCUT2D eigenvalue weighted by atomic mass is 16.5. The van der Waals surface area contributed by atoms with E-state index in [-0.39, 0.29) is 31.9 Å². The first-order chi connectivity index (χ1) is 16.5. The summed E-state index contributed by atoms with van der Waals surface area (Å²) >= 11 is 0. The minimum absolute atomic E-state index is 0.00793. The van der Waals surface area contributed by atoms with Crippen LogP contribution >= 0.6 is 0 Å². The molecule has 0 saturated heterocycles. The number of carboxylic acids is 1. The van der Waals surface area contributed by atoms with Crippen molar-refractivity contribution in [1.82, 2.24) is 10.6 Å². The summed E-state index contributed by atoms with van der Waals surface area (Å²) in [6.07, 6.45) is -1.38. The molecule has 0 bridgehead atoms. The number of carboxylic acid groups (broad SMARTS) is 1. The van der Waals surface area contributed by atoms with E-state index in [4.69, 9.17) is 9.47 Å². The van der Waals surface area contributed by atoms with Crippen molar-refractivity contribution in [1.29, 1.82) is 0 Å². The fourth-order valence-electron chi connectivity index (χ4n) is 3.98. The number of hydrogen-bond donors (Lipinski definition) is 3. The largest absolute Gasteiger partial charge is 0.480 e. The number of amides is 2. The molecule has 34 heavy (non-hydrogen) atoms. The van der Waals surface area contributed by atoms with Gasteiger partial charge in [-0.2, -0.15) is 0 Å². The Balaban J connectivity index is 1.49. The van der Waals surface area contributed by atoms with Crippen molar-refractivity contribution in [3.05, 3.63) is 59.7 Å². The summed E-state index contributed by atoms with van der Waals surface area (Å²) in [7, 11) is 1.35. The highest BCUT2D eigenvalue weighted by molar-refractivity contribution is 5.86. The van der Waals surface area contributed by atoms with E-state index in [1.54, 1.807) is 6.92 Å². The van der Waals surface area contributed by atoms with E-state index in [9.17, 15) is 19.5 Å². The molecule has 0 radical (unpaired) electrons. The summed E-state index contributed by atoms with van der Waals surface area (Å²) in [6.45, 7) is 1.90. The zero-order valence-corrected chi connectivity index (χ0v) is 19.2. The number of carbonyl (C=O) groups excluding carboxylic acids is 2. The SMILES string of the molecule is CC#CCC(NC(=O)C(CCNC(=O)OCC1c2ccccc2-c2ccccc21)OC)C(=O)O. The van der Waals surface area contributed by atoms with Crippen LogP contribution in [-0.2, 0) is 19.1 Å². The van der Waals surface area contributed by atoms with Crippen LogP contribution in [0.15, 0.2) is 48.5 Å². The number of alkyl carbamates (subject to hydrolysis) is 1. The Morgan fingerprint density at radius 3 is 2.24 bits per heavy atom. The predicted octanol–water partition coefficient (Wildman–Crippen LogP) is 2.91. The molecule has 0 saturated carbocycles. The summed E-state index contributed by atoms with van der Waals surface area (Å²) < 4.78 is 10.6.